The van der Waals surface area contributed by atoms with Crippen molar-refractivity contribution >= 4 is 0 Å². The van der Waals surface area contributed by atoms with Gasteiger partial charge in [-0.25, -0.2) is 0 Å². The summed E-state index contributed by atoms with van der Waals surface area (Å²) in [5, 5.41) is 0. The van der Waals surface area contributed by atoms with Gasteiger partial charge in [0.05, 0.1) is 0 Å². The number of nitrogens with two attached hydrogens (primary N) is 1. The van der Waals surface area contributed by atoms with Crippen LogP contribution in [0.25, 0.3) is 0 Å². The van der Waals surface area contributed by atoms with Crippen LogP contribution in [0.4, 0.5) is 0 Å². The minimum atomic E-state index is 0.347. The summed E-state index contributed by atoms with van der Waals surface area (Å²) in [5.74, 6) is 0. The van der Waals surface area contributed by atoms with Crippen molar-refractivity contribution < 1.29 is 0 Å². The van der Waals surface area contributed by atoms with E-state index in [1.807, 2.05) is 0 Å². The summed E-state index contributed by atoms with van der Waals surface area (Å²) in [5.41, 5.74) is 13.2. The zero-order valence-electron chi connectivity index (χ0n) is 11.4. The van der Waals surface area contributed by atoms with Gasteiger partial charge in [0.15, 0.2) is 0 Å². The standard InChI is InChI=1S/C15H25N/c1-6-14(16)7-8-15-12(4)10(2)9-11(3)13(15)5/h9,14H,6-8,16H2,1-5H3. The Morgan fingerprint density at radius 2 is 1.56 bits per heavy atom. The quantitative estimate of drug-likeness (QED) is 0.823. The van der Waals surface area contributed by atoms with Crippen molar-refractivity contribution in [2.75, 3.05) is 0 Å². The molecule has 1 rings (SSSR count). The first-order chi connectivity index (χ1) is 7.47. The lowest BCUT2D eigenvalue weighted by atomic mass is 9.90. The van der Waals surface area contributed by atoms with E-state index in [0.717, 1.165) is 19.3 Å². The molecule has 0 aliphatic heterocycles. The van der Waals surface area contributed by atoms with E-state index in [4.69, 9.17) is 5.73 Å². The van der Waals surface area contributed by atoms with Gasteiger partial charge in [0.2, 0.25) is 0 Å². The van der Waals surface area contributed by atoms with E-state index in [1.54, 1.807) is 0 Å². The molecule has 0 radical (unpaired) electrons. The summed E-state index contributed by atoms with van der Waals surface area (Å²) >= 11 is 0. The molecule has 0 saturated heterocycles. The Labute approximate surface area is 100 Å². The summed E-state index contributed by atoms with van der Waals surface area (Å²) < 4.78 is 0. The van der Waals surface area contributed by atoms with Gasteiger partial charge in [0.25, 0.3) is 0 Å². The molecule has 0 bridgehead atoms. The molecule has 2 N–H and O–H groups in total. The molecule has 0 amide bonds. The average molecular weight is 219 g/mol. The molecule has 0 fully saturated rings. The number of benzene rings is 1. The topological polar surface area (TPSA) is 26.0 Å². The molecule has 1 nitrogen and oxygen atoms in total. The lowest BCUT2D eigenvalue weighted by molar-refractivity contribution is 0.594. The van der Waals surface area contributed by atoms with Crippen LogP contribution < -0.4 is 5.73 Å². The van der Waals surface area contributed by atoms with Crippen molar-refractivity contribution in [2.24, 2.45) is 5.73 Å². The van der Waals surface area contributed by atoms with Crippen LogP contribution in [0.5, 0.6) is 0 Å². The molecular weight excluding hydrogens is 194 g/mol. The highest BCUT2D eigenvalue weighted by Gasteiger charge is 2.09. The Balaban J connectivity index is 2.94. The highest BCUT2D eigenvalue weighted by molar-refractivity contribution is 5.44. The Morgan fingerprint density at radius 1 is 1.06 bits per heavy atom. The largest absolute Gasteiger partial charge is 0.328 e. The van der Waals surface area contributed by atoms with Gasteiger partial charge in [-0.05, 0) is 74.8 Å². The van der Waals surface area contributed by atoms with Crippen LogP contribution in [-0.2, 0) is 6.42 Å². The van der Waals surface area contributed by atoms with Gasteiger partial charge in [-0.15, -0.1) is 0 Å². The number of rotatable bonds is 4. The van der Waals surface area contributed by atoms with E-state index < -0.39 is 0 Å². The van der Waals surface area contributed by atoms with Gasteiger partial charge in [0, 0.05) is 6.04 Å². The first-order valence-electron chi connectivity index (χ1n) is 6.29. The van der Waals surface area contributed by atoms with Crippen molar-refractivity contribution in [3.8, 4) is 0 Å². The molecule has 0 heterocycles. The monoisotopic (exact) mass is 219 g/mol. The first kappa shape index (κ1) is 13.2. The van der Waals surface area contributed by atoms with E-state index in [0.29, 0.717) is 6.04 Å². The Bertz CT molecular complexity index is 340. The summed E-state index contributed by atoms with van der Waals surface area (Å²) in [6.45, 7) is 11.0. The highest BCUT2D eigenvalue weighted by Crippen LogP contribution is 2.23. The maximum absolute atomic E-state index is 6.00. The molecular formula is C15H25N. The second kappa shape index (κ2) is 5.49. The van der Waals surface area contributed by atoms with Crippen LogP contribution in [0.15, 0.2) is 6.07 Å². The van der Waals surface area contributed by atoms with Crippen LogP contribution in [0.2, 0.25) is 0 Å². The van der Waals surface area contributed by atoms with Crippen molar-refractivity contribution in [3.05, 3.63) is 33.9 Å². The second-order valence-electron chi connectivity index (χ2n) is 4.95. The van der Waals surface area contributed by atoms with Gasteiger partial charge < -0.3 is 5.73 Å². The Morgan fingerprint density at radius 3 is 2.00 bits per heavy atom. The molecule has 16 heavy (non-hydrogen) atoms. The lowest BCUT2D eigenvalue weighted by Gasteiger charge is -2.16. The zero-order chi connectivity index (χ0) is 12.3. The van der Waals surface area contributed by atoms with Crippen LogP contribution in [0.1, 0.15) is 47.6 Å². The Hall–Kier alpha value is -0.820. The van der Waals surface area contributed by atoms with Crippen molar-refractivity contribution in [1.29, 1.82) is 0 Å². The number of hydrogen-bond acceptors (Lipinski definition) is 1. The third-order valence-corrected chi connectivity index (χ3v) is 3.81. The predicted octanol–water partition coefficient (Wildman–Crippen LogP) is 3.59. The maximum Gasteiger partial charge on any atom is 0.00393 e. The summed E-state index contributed by atoms with van der Waals surface area (Å²) in [6, 6.07) is 2.63. The fraction of sp³-hybridized carbons (Fsp3) is 0.600. The number of hydrogen-bond donors (Lipinski definition) is 1. The van der Waals surface area contributed by atoms with Gasteiger partial charge >= 0.3 is 0 Å². The van der Waals surface area contributed by atoms with Crippen LogP contribution in [0, 0.1) is 27.7 Å². The van der Waals surface area contributed by atoms with Gasteiger partial charge in [-0.3, -0.25) is 0 Å². The minimum Gasteiger partial charge on any atom is -0.328 e. The normalized spacial score (nSPS) is 12.9. The molecule has 1 atom stereocenters. The Kier molecular flexibility index (Phi) is 4.55. The van der Waals surface area contributed by atoms with E-state index in [-0.39, 0.29) is 0 Å². The number of aryl methyl sites for hydroxylation is 2. The van der Waals surface area contributed by atoms with Gasteiger partial charge in [-0.1, -0.05) is 13.0 Å². The molecule has 0 aliphatic rings. The molecule has 0 aromatic heterocycles. The van der Waals surface area contributed by atoms with Crippen molar-refractivity contribution in [1.82, 2.24) is 0 Å². The molecule has 0 saturated carbocycles. The lowest BCUT2D eigenvalue weighted by Crippen LogP contribution is -2.19. The molecule has 1 aromatic carbocycles. The fourth-order valence-electron chi connectivity index (χ4n) is 2.21. The maximum atomic E-state index is 6.00. The fourth-order valence-corrected chi connectivity index (χ4v) is 2.21. The van der Waals surface area contributed by atoms with E-state index in [2.05, 4.69) is 40.7 Å². The predicted molar refractivity (Wildman–Crippen MR) is 72.0 cm³/mol. The molecule has 0 spiro atoms. The third kappa shape index (κ3) is 2.85. The summed E-state index contributed by atoms with van der Waals surface area (Å²) in [4.78, 5) is 0. The second-order valence-corrected chi connectivity index (χ2v) is 4.95. The van der Waals surface area contributed by atoms with Crippen molar-refractivity contribution in [3.63, 3.8) is 0 Å². The zero-order valence-corrected chi connectivity index (χ0v) is 11.4. The highest BCUT2D eigenvalue weighted by atomic mass is 14.6. The van der Waals surface area contributed by atoms with Crippen LogP contribution in [0.3, 0.4) is 0 Å². The van der Waals surface area contributed by atoms with Crippen molar-refractivity contribution in [2.45, 2.75) is 59.9 Å². The third-order valence-electron chi connectivity index (χ3n) is 3.81. The average Bonchev–Trinajstić information content (AvgIpc) is 2.26. The minimum absolute atomic E-state index is 0.347. The first-order valence-corrected chi connectivity index (χ1v) is 6.29. The molecule has 1 aromatic rings. The van der Waals surface area contributed by atoms with Gasteiger partial charge in [0.1, 0.15) is 0 Å². The molecule has 90 valence electrons. The van der Waals surface area contributed by atoms with Gasteiger partial charge in [-0.2, -0.15) is 0 Å². The van der Waals surface area contributed by atoms with Crippen LogP contribution >= 0.6 is 0 Å². The molecule has 1 heteroatoms. The summed E-state index contributed by atoms with van der Waals surface area (Å²) in [7, 11) is 0. The van der Waals surface area contributed by atoms with E-state index >= 15 is 0 Å². The SMILES string of the molecule is CCC(N)CCc1c(C)c(C)cc(C)c1C. The summed E-state index contributed by atoms with van der Waals surface area (Å²) in [6.07, 6.45) is 3.29. The van der Waals surface area contributed by atoms with E-state index in [9.17, 15) is 0 Å². The van der Waals surface area contributed by atoms with E-state index in [1.165, 1.54) is 27.8 Å². The smallest absolute Gasteiger partial charge is 0.00393 e. The van der Waals surface area contributed by atoms with Crippen LogP contribution in [-0.4, -0.2) is 6.04 Å². The molecule has 0 aliphatic carbocycles. The molecule has 1 unspecified atom stereocenters.